The molecule has 1 amide bonds. The molecular weight excluding hydrogens is 226 g/mol. The molecule has 2 N–H and O–H groups in total. The summed E-state index contributed by atoms with van der Waals surface area (Å²) < 4.78 is 0. The van der Waals surface area contributed by atoms with Crippen molar-refractivity contribution in [1.29, 1.82) is 0 Å². The Morgan fingerprint density at radius 2 is 2.38 bits per heavy atom. The number of hydrogen-bond donors (Lipinski definition) is 1. The maximum atomic E-state index is 11.6. The lowest BCUT2D eigenvalue weighted by atomic mass is 10.1. The van der Waals surface area contributed by atoms with Gasteiger partial charge in [0.1, 0.15) is 5.15 Å². The highest BCUT2D eigenvalue weighted by molar-refractivity contribution is 6.29. The van der Waals surface area contributed by atoms with Gasteiger partial charge < -0.3 is 10.6 Å². The van der Waals surface area contributed by atoms with Crippen LogP contribution in [0.2, 0.25) is 5.15 Å². The van der Waals surface area contributed by atoms with Crippen molar-refractivity contribution in [3.63, 3.8) is 0 Å². The molecule has 0 aromatic carbocycles. The Hall–Kier alpha value is -1.13. The van der Waals surface area contributed by atoms with Crippen LogP contribution in [0, 0.1) is 5.92 Å². The second kappa shape index (κ2) is 4.80. The first-order valence-electron chi connectivity index (χ1n) is 5.27. The van der Waals surface area contributed by atoms with E-state index in [4.69, 9.17) is 17.3 Å². The van der Waals surface area contributed by atoms with Gasteiger partial charge >= 0.3 is 0 Å². The van der Waals surface area contributed by atoms with Crippen LogP contribution in [0.1, 0.15) is 12.0 Å². The maximum Gasteiger partial charge on any atom is 0.223 e. The third-order valence-corrected chi connectivity index (χ3v) is 3.01. The highest BCUT2D eigenvalue weighted by atomic mass is 35.5. The smallest absolute Gasteiger partial charge is 0.223 e. The summed E-state index contributed by atoms with van der Waals surface area (Å²) >= 11 is 5.69. The van der Waals surface area contributed by atoms with Crippen molar-refractivity contribution in [2.45, 2.75) is 13.0 Å². The maximum absolute atomic E-state index is 11.6. The quantitative estimate of drug-likeness (QED) is 0.802. The fourth-order valence-electron chi connectivity index (χ4n) is 1.89. The minimum absolute atomic E-state index is 0.172. The van der Waals surface area contributed by atoms with E-state index >= 15 is 0 Å². The molecule has 1 aliphatic rings. The lowest BCUT2D eigenvalue weighted by molar-refractivity contribution is -0.128. The number of pyridine rings is 1. The molecule has 1 atom stereocenters. The van der Waals surface area contributed by atoms with E-state index in [2.05, 4.69) is 4.98 Å². The molecule has 0 bridgehead atoms. The normalized spacial score (nSPS) is 20.5. The highest BCUT2D eigenvalue weighted by Crippen LogP contribution is 2.19. The zero-order chi connectivity index (χ0) is 11.5. The van der Waals surface area contributed by atoms with E-state index in [9.17, 15) is 4.79 Å². The average Bonchev–Trinajstić information content (AvgIpc) is 2.63. The van der Waals surface area contributed by atoms with Crippen molar-refractivity contribution in [3.05, 3.63) is 29.0 Å². The Morgan fingerprint density at radius 1 is 1.56 bits per heavy atom. The van der Waals surface area contributed by atoms with E-state index in [0.717, 1.165) is 12.1 Å². The van der Waals surface area contributed by atoms with Crippen molar-refractivity contribution >= 4 is 17.5 Å². The zero-order valence-corrected chi connectivity index (χ0v) is 9.65. The number of rotatable bonds is 3. The molecule has 1 aromatic rings. The predicted octanol–water partition coefficient (Wildman–Crippen LogP) is 1.04. The minimum atomic E-state index is 0.172. The molecule has 16 heavy (non-hydrogen) atoms. The second-order valence-corrected chi connectivity index (χ2v) is 4.46. The summed E-state index contributed by atoms with van der Waals surface area (Å²) in [6.45, 7) is 1.92. The summed E-state index contributed by atoms with van der Waals surface area (Å²) in [6, 6.07) is 3.62. The number of carbonyl (C=O) groups excluding carboxylic acids is 1. The molecule has 5 heteroatoms. The Balaban J connectivity index is 2.00. The number of nitrogens with zero attached hydrogens (tertiary/aromatic N) is 2. The van der Waals surface area contributed by atoms with Gasteiger partial charge in [-0.2, -0.15) is 0 Å². The number of likely N-dealkylation sites (tertiary alicyclic amines) is 1. The van der Waals surface area contributed by atoms with E-state index in [-0.39, 0.29) is 5.91 Å². The van der Waals surface area contributed by atoms with Gasteiger partial charge in [-0.1, -0.05) is 17.7 Å². The standard InChI is InChI=1S/C11H14ClN3O/c12-10-2-1-8(5-14-10)6-15-7-9(4-13)3-11(15)16/h1-2,5,9H,3-4,6-7,13H2. The number of hydrogen-bond acceptors (Lipinski definition) is 3. The molecular formula is C11H14ClN3O. The molecule has 1 saturated heterocycles. The Morgan fingerprint density at radius 3 is 2.94 bits per heavy atom. The van der Waals surface area contributed by atoms with E-state index in [0.29, 0.717) is 30.6 Å². The van der Waals surface area contributed by atoms with Crippen molar-refractivity contribution in [2.75, 3.05) is 13.1 Å². The van der Waals surface area contributed by atoms with Gasteiger partial charge in [-0.15, -0.1) is 0 Å². The largest absolute Gasteiger partial charge is 0.338 e. The number of amides is 1. The van der Waals surface area contributed by atoms with Crippen LogP contribution in [-0.2, 0) is 11.3 Å². The minimum Gasteiger partial charge on any atom is -0.338 e. The van der Waals surface area contributed by atoms with Crippen molar-refractivity contribution in [3.8, 4) is 0 Å². The first-order chi connectivity index (χ1) is 7.69. The topological polar surface area (TPSA) is 59.2 Å². The highest BCUT2D eigenvalue weighted by Gasteiger charge is 2.28. The molecule has 86 valence electrons. The lowest BCUT2D eigenvalue weighted by Crippen LogP contribution is -2.25. The van der Waals surface area contributed by atoms with E-state index < -0.39 is 0 Å². The van der Waals surface area contributed by atoms with Gasteiger partial charge in [0.05, 0.1) is 0 Å². The molecule has 1 aliphatic heterocycles. The first-order valence-corrected chi connectivity index (χ1v) is 5.65. The Bertz CT molecular complexity index is 379. The van der Waals surface area contributed by atoms with E-state index in [1.807, 2.05) is 11.0 Å². The SMILES string of the molecule is NCC1CC(=O)N(Cc2ccc(Cl)nc2)C1. The van der Waals surface area contributed by atoms with Crippen LogP contribution in [0.15, 0.2) is 18.3 Å². The summed E-state index contributed by atoms with van der Waals surface area (Å²) in [4.78, 5) is 17.4. The molecule has 0 saturated carbocycles. The molecule has 4 nitrogen and oxygen atoms in total. The van der Waals surface area contributed by atoms with Gasteiger partial charge in [0.25, 0.3) is 0 Å². The summed E-state index contributed by atoms with van der Waals surface area (Å²) in [5, 5.41) is 0.469. The fourth-order valence-corrected chi connectivity index (χ4v) is 2.00. The van der Waals surface area contributed by atoms with Crippen LogP contribution < -0.4 is 5.73 Å². The van der Waals surface area contributed by atoms with Crippen LogP contribution in [0.4, 0.5) is 0 Å². The number of halogens is 1. The molecule has 1 fully saturated rings. The average molecular weight is 240 g/mol. The second-order valence-electron chi connectivity index (χ2n) is 4.07. The van der Waals surface area contributed by atoms with Crippen molar-refractivity contribution in [2.24, 2.45) is 11.7 Å². The summed E-state index contributed by atoms with van der Waals surface area (Å²) in [5.74, 6) is 0.471. The lowest BCUT2D eigenvalue weighted by Gasteiger charge is -2.16. The van der Waals surface area contributed by atoms with E-state index in [1.54, 1.807) is 12.3 Å². The summed E-state index contributed by atoms with van der Waals surface area (Å²) in [5.41, 5.74) is 6.56. The zero-order valence-electron chi connectivity index (χ0n) is 8.90. The number of aromatic nitrogens is 1. The fraction of sp³-hybridized carbons (Fsp3) is 0.455. The van der Waals surface area contributed by atoms with Crippen LogP contribution in [-0.4, -0.2) is 28.9 Å². The molecule has 0 radical (unpaired) electrons. The first kappa shape index (κ1) is 11.4. The Kier molecular flexibility index (Phi) is 3.41. The third kappa shape index (κ3) is 2.51. The van der Waals surface area contributed by atoms with Crippen molar-refractivity contribution in [1.82, 2.24) is 9.88 Å². The molecule has 0 spiro atoms. The Labute approximate surface area is 99.4 Å². The molecule has 0 aliphatic carbocycles. The van der Waals surface area contributed by atoms with Crippen LogP contribution in [0.3, 0.4) is 0 Å². The molecule has 2 rings (SSSR count). The number of nitrogens with two attached hydrogens (primary N) is 1. The van der Waals surface area contributed by atoms with Crippen LogP contribution in [0.25, 0.3) is 0 Å². The van der Waals surface area contributed by atoms with Gasteiger partial charge in [-0.25, -0.2) is 4.98 Å². The molecule has 1 unspecified atom stereocenters. The predicted molar refractivity (Wildman–Crippen MR) is 61.8 cm³/mol. The van der Waals surface area contributed by atoms with Crippen molar-refractivity contribution < 1.29 is 4.79 Å². The van der Waals surface area contributed by atoms with Crippen LogP contribution >= 0.6 is 11.6 Å². The summed E-state index contributed by atoms with van der Waals surface area (Å²) in [6.07, 6.45) is 2.27. The molecule has 1 aromatic heterocycles. The van der Waals surface area contributed by atoms with Gasteiger partial charge in [0.2, 0.25) is 5.91 Å². The number of carbonyl (C=O) groups is 1. The summed E-state index contributed by atoms with van der Waals surface area (Å²) in [7, 11) is 0. The van der Waals surface area contributed by atoms with E-state index in [1.165, 1.54) is 0 Å². The van der Waals surface area contributed by atoms with Gasteiger partial charge in [-0.05, 0) is 24.1 Å². The van der Waals surface area contributed by atoms with Crippen LogP contribution in [0.5, 0.6) is 0 Å². The molecule has 2 heterocycles. The van der Waals surface area contributed by atoms with Gasteiger partial charge in [0.15, 0.2) is 0 Å². The monoisotopic (exact) mass is 239 g/mol. The van der Waals surface area contributed by atoms with Gasteiger partial charge in [0, 0.05) is 25.7 Å². The van der Waals surface area contributed by atoms with Gasteiger partial charge in [-0.3, -0.25) is 4.79 Å². The third-order valence-electron chi connectivity index (χ3n) is 2.79.